The van der Waals surface area contributed by atoms with Crippen LogP contribution < -0.4 is 0 Å². The smallest absolute Gasteiger partial charge is 0.326 e. The normalized spacial score (nSPS) is 18.7. The molecule has 7 heteroatoms. The second-order valence-electron chi connectivity index (χ2n) is 4.12. The van der Waals surface area contributed by atoms with Crippen LogP contribution in [0.25, 0.3) is 6.08 Å². The fraction of sp³-hybridized carbons (Fsp3) is 0.154. The maximum absolute atomic E-state index is 12.8. The van der Waals surface area contributed by atoms with Crippen molar-refractivity contribution < 1.29 is 19.1 Å². The Labute approximate surface area is 124 Å². The van der Waals surface area contributed by atoms with E-state index < -0.39 is 17.9 Å². The van der Waals surface area contributed by atoms with Crippen molar-refractivity contribution in [2.45, 2.75) is 13.0 Å². The van der Waals surface area contributed by atoms with Gasteiger partial charge in [0.2, 0.25) is 0 Å². The first-order valence-corrected chi connectivity index (χ1v) is 6.88. The number of aliphatic carboxylic acids is 1. The fourth-order valence-corrected chi connectivity index (χ4v) is 3.05. The minimum Gasteiger partial charge on any atom is -0.480 e. The van der Waals surface area contributed by atoms with Crippen LogP contribution in [0, 0.1) is 5.82 Å². The minimum absolute atomic E-state index is 0.207. The molecule has 0 unspecified atom stereocenters. The molecule has 0 saturated carbocycles. The van der Waals surface area contributed by atoms with Crippen molar-refractivity contribution in [3.05, 3.63) is 40.6 Å². The number of thioether (sulfide) groups is 1. The van der Waals surface area contributed by atoms with Gasteiger partial charge in [0.25, 0.3) is 5.91 Å². The van der Waals surface area contributed by atoms with Gasteiger partial charge in [-0.2, -0.15) is 0 Å². The first-order chi connectivity index (χ1) is 9.40. The number of rotatable bonds is 3. The van der Waals surface area contributed by atoms with Gasteiger partial charge in [-0.1, -0.05) is 36.1 Å². The first-order valence-electron chi connectivity index (χ1n) is 5.65. The van der Waals surface area contributed by atoms with Gasteiger partial charge >= 0.3 is 5.97 Å². The molecule has 104 valence electrons. The Balaban J connectivity index is 2.28. The molecule has 1 heterocycles. The summed E-state index contributed by atoms with van der Waals surface area (Å²) >= 11 is 6.07. The zero-order chi connectivity index (χ0) is 14.9. The molecule has 1 aliphatic rings. The lowest BCUT2D eigenvalue weighted by atomic mass is 10.2. The highest BCUT2D eigenvalue weighted by Crippen LogP contribution is 2.33. The molecule has 2 rings (SSSR count). The van der Waals surface area contributed by atoms with Crippen LogP contribution in [0.3, 0.4) is 0 Å². The summed E-state index contributed by atoms with van der Waals surface area (Å²) in [5, 5.41) is 8.96. The highest BCUT2D eigenvalue weighted by molar-refractivity contribution is 8.26. The van der Waals surface area contributed by atoms with Crippen molar-refractivity contribution in [3.8, 4) is 0 Å². The van der Waals surface area contributed by atoms with E-state index in [-0.39, 0.29) is 10.1 Å². The van der Waals surface area contributed by atoms with Gasteiger partial charge in [0.1, 0.15) is 16.2 Å². The van der Waals surface area contributed by atoms with E-state index in [0.29, 0.717) is 10.5 Å². The molecule has 0 radical (unpaired) electrons. The Hall–Kier alpha value is -1.73. The average Bonchev–Trinajstić information content (AvgIpc) is 2.66. The van der Waals surface area contributed by atoms with Gasteiger partial charge in [-0.25, -0.2) is 9.18 Å². The summed E-state index contributed by atoms with van der Waals surface area (Å²) in [6.45, 7) is 1.40. The van der Waals surface area contributed by atoms with Crippen molar-refractivity contribution in [2.75, 3.05) is 0 Å². The van der Waals surface area contributed by atoms with E-state index in [0.717, 1.165) is 16.7 Å². The van der Waals surface area contributed by atoms with Gasteiger partial charge < -0.3 is 5.11 Å². The van der Waals surface area contributed by atoms with Crippen molar-refractivity contribution in [1.29, 1.82) is 0 Å². The van der Waals surface area contributed by atoms with E-state index in [1.165, 1.54) is 31.2 Å². The lowest BCUT2D eigenvalue weighted by Gasteiger charge is -2.18. The van der Waals surface area contributed by atoms with Crippen molar-refractivity contribution in [3.63, 3.8) is 0 Å². The molecule has 0 bridgehead atoms. The van der Waals surface area contributed by atoms with E-state index >= 15 is 0 Å². The standard InChI is InChI=1S/C13H10FNO3S2/c1-7(12(17)18)15-11(16)10(20-13(15)19)6-8-2-4-9(14)5-3-8/h2-7H,1H3,(H,17,18)/b10-6+/t7-/m0/s1. The molecule has 0 aromatic heterocycles. The average molecular weight is 311 g/mol. The maximum atomic E-state index is 12.8. The fourth-order valence-electron chi connectivity index (χ4n) is 1.63. The van der Waals surface area contributed by atoms with Gasteiger partial charge in [0.15, 0.2) is 0 Å². The van der Waals surface area contributed by atoms with E-state index in [1.54, 1.807) is 6.08 Å². The van der Waals surface area contributed by atoms with Crippen LogP contribution >= 0.6 is 24.0 Å². The second-order valence-corrected chi connectivity index (χ2v) is 5.79. The molecular formula is C13H10FNO3S2. The van der Waals surface area contributed by atoms with Crippen LogP contribution in [0.15, 0.2) is 29.2 Å². The third-order valence-electron chi connectivity index (χ3n) is 2.74. The number of halogens is 1. The molecule has 1 aliphatic heterocycles. The van der Waals surface area contributed by atoms with Crippen molar-refractivity contribution in [1.82, 2.24) is 4.90 Å². The van der Waals surface area contributed by atoms with Crippen LogP contribution in [0.1, 0.15) is 12.5 Å². The predicted octanol–water partition coefficient (Wildman–Crippen LogP) is 2.50. The maximum Gasteiger partial charge on any atom is 0.326 e. The zero-order valence-corrected chi connectivity index (χ0v) is 12.0. The van der Waals surface area contributed by atoms with Gasteiger partial charge in [-0.05, 0) is 30.7 Å². The van der Waals surface area contributed by atoms with E-state index in [1.807, 2.05) is 0 Å². The molecule has 4 nitrogen and oxygen atoms in total. The number of hydrogen-bond donors (Lipinski definition) is 1. The molecular weight excluding hydrogens is 301 g/mol. The Kier molecular flexibility index (Phi) is 4.20. The number of nitrogens with zero attached hydrogens (tertiary/aromatic N) is 1. The number of thiocarbonyl (C=S) groups is 1. The van der Waals surface area contributed by atoms with Crippen LogP contribution in [0.2, 0.25) is 0 Å². The third-order valence-corrected chi connectivity index (χ3v) is 4.07. The summed E-state index contributed by atoms with van der Waals surface area (Å²) in [4.78, 5) is 24.5. The van der Waals surface area contributed by atoms with E-state index in [4.69, 9.17) is 17.3 Å². The molecule has 0 spiro atoms. The van der Waals surface area contributed by atoms with Crippen molar-refractivity contribution in [2.24, 2.45) is 0 Å². The van der Waals surface area contributed by atoms with Gasteiger partial charge in [0, 0.05) is 0 Å². The molecule has 1 saturated heterocycles. The Bertz CT molecular complexity index is 613. The molecule has 20 heavy (non-hydrogen) atoms. The quantitative estimate of drug-likeness (QED) is 0.686. The topological polar surface area (TPSA) is 57.6 Å². The SMILES string of the molecule is C[C@@H](C(=O)O)N1C(=O)/C(=C\c2ccc(F)cc2)SC1=S. The molecule has 0 aliphatic carbocycles. The number of carbonyl (C=O) groups excluding carboxylic acids is 1. The molecule has 1 aromatic rings. The van der Waals surface area contributed by atoms with Crippen LogP contribution in [0.4, 0.5) is 4.39 Å². The molecule has 1 N–H and O–H groups in total. The lowest BCUT2D eigenvalue weighted by Crippen LogP contribution is -2.41. The number of carbonyl (C=O) groups is 2. The number of hydrogen-bond acceptors (Lipinski definition) is 4. The summed E-state index contributed by atoms with van der Waals surface area (Å²) in [5.74, 6) is -1.93. The first kappa shape index (κ1) is 14.7. The Morgan fingerprint density at radius 2 is 2.05 bits per heavy atom. The summed E-state index contributed by atoms with van der Waals surface area (Å²) in [7, 11) is 0. The third kappa shape index (κ3) is 2.88. The highest BCUT2D eigenvalue weighted by Gasteiger charge is 2.38. The Morgan fingerprint density at radius 1 is 1.45 bits per heavy atom. The van der Waals surface area contributed by atoms with Crippen LogP contribution in [0.5, 0.6) is 0 Å². The van der Waals surface area contributed by atoms with Crippen LogP contribution in [-0.2, 0) is 9.59 Å². The Morgan fingerprint density at radius 3 is 2.60 bits per heavy atom. The lowest BCUT2D eigenvalue weighted by molar-refractivity contribution is -0.144. The largest absolute Gasteiger partial charge is 0.480 e. The minimum atomic E-state index is -1.12. The van der Waals surface area contributed by atoms with Gasteiger partial charge in [0.05, 0.1) is 4.91 Å². The zero-order valence-electron chi connectivity index (χ0n) is 10.4. The number of benzene rings is 1. The van der Waals surface area contributed by atoms with Gasteiger partial charge in [-0.3, -0.25) is 9.69 Å². The highest BCUT2D eigenvalue weighted by atomic mass is 32.2. The van der Waals surface area contributed by atoms with Crippen LogP contribution in [-0.4, -0.2) is 32.2 Å². The second kappa shape index (κ2) is 5.72. The summed E-state index contributed by atoms with van der Waals surface area (Å²) < 4.78 is 13.0. The summed E-state index contributed by atoms with van der Waals surface area (Å²) in [6.07, 6.45) is 1.56. The predicted molar refractivity (Wildman–Crippen MR) is 78.5 cm³/mol. The molecule has 1 atom stereocenters. The summed E-state index contributed by atoms with van der Waals surface area (Å²) in [6, 6.07) is 4.62. The molecule has 1 aromatic carbocycles. The van der Waals surface area contributed by atoms with E-state index in [9.17, 15) is 14.0 Å². The van der Waals surface area contributed by atoms with Crippen molar-refractivity contribution >= 4 is 46.3 Å². The number of carboxylic acid groups (broad SMARTS) is 1. The number of amides is 1. The molecule has 1 fully saturated rings. The number of carboxylic acids is 1. The van der Waals surface area contributed by atoms with Gasteiger partial charge in [-0.15, -0.1) is 0 Å². The molecule has 1 amide bonds. The van der Waals surface area contributed by atoms with E-state index in [2.05, 4.69) is 0 Å². The summed E-state index contributed by atoms with van der Waals surface area (Å²) in [5.41, 5.74) is 0.648. The monoisotopic (exact) mass is 311 g/mol.